The summed E-state index contributed by atoms with van der Waals surface area (Å²) in [5.74, 6) is -5.82. The molecule has 5 aromatic carbocycles. The highest BCUT2D eigenvalue weighted by atomic mass is 16.6. The fourth-order valence-corrected chi connectivity index (χ4v) is 6.82. The number of phenols is 7. The highest BCUT2D eigenvalue weighted by Gasteiger charge is 2.39. The van der Waals surface area contributed by atoms with Crippen LogP contribution in [0.2, 0.25) is 0 Å². The van der Waals surface area contributed by atoms with Gasteiger partial charge in [-0.2, -0.15) is 0 Å². The molecule has 7 rings (SSSR count). The van der Waals surface area contributed by atoms with Crippen LogP contribution in [0.15, 0.2) is 59.4 Å². The van der Waals surface area contributed by atoms with Gasteiger partial charge in [0.15, 0.2) is 34.9 Å². The van der Waals surface area contributed by atoms with Crippen LogP contribution in [0.3, 0.4) is 0 Å². The first-order valence-corrected chi connectivity index (χ1v) is 16.2. The Morgan fingerprint density at radius 2 is 1.24 bits per heavy atom. The number of carbonyl (C=O) groups is 1. The lowest BCUT2D eigenvalue weighted by Crippen LogP contribution is -2.35. The Morgan fingerprint density at radius 3 is 1.83 bits per heavy atom. The maximum absolute atomic E-state index is 13.7. The molecule has 9 N–H and O–H groups in total. The van der Waals surface area contributed by atoms with Gasteiger partial charge in [-0.1, -0.05) is 0 Å². The Balaban J connectivity index is 1.41. The largest absolute Gasteiger partial charge is 0.508 e. The molecule has 0 saturated heterocycles. The summed E-state index contributed by atoms with van der Waals surface area (Å²) in [7, 11) is 2.51. The second kappa shape index (κ2) is 13.2. The summed E-state index contributed by atoms with van der Waals surface area (Å²) in [6.07, 6.45) is -6.01. The van der Waals surface area contributed by atoms with E-state index >= 15 is 0 Å². The predicted molar refractivity (Wildman–Crippen MR) is 185 cm³/mol. The van der Waals surface area contributed by atoms with E-state index in [0.717, 1.165) is 24.3 Å². The van der Waals surface area contributed by atoms with Crippen molar-refractivity contribution in [1.82, 2.24) is 0 Å². The number of aliphatic hydroxyl groups is 1. The quantitative estimate of drug-likeness (QED) is 0.0884. The van der Waals surface area contributed by atoms with Gasteiger partial charge in [-0.3, -0.25) is 4.79 Å². The van der Waals surface area contributed by atoms with Crippen LogP contribution in [0, 0.1) is 0 Å². The number of carbonyl (C=O) groups excluding carboxylic acids is 1. The molecule has 54 heavy (non-hydrogen) atoms. The van der Waals surface area contributed by atoms with Crippen LogP contribution in [-0.2, 0) is 17.6 Å². The zero-order valence-electron chi connectivity index (χ0n) is 28.3. The second-order valence-corrected chi connectivity index (χ2v) is 12.7. The fourth-order valence-electron chi connectivity index (χ4n) is 6.82. The molecule has 16 nitrogen and oxygen atoms in total. The standard InChI is InChI=1S/C38H32O16/c1-50-29-5-15(6-30(51-2)35(29)48)38(49)54-31-13-21-23(42)8-17(40)10-28(21)53-37(31)19-11-25(44)34(47)32-18(19)3-14(4-24(43)33(32)46)36-26(45)12-20-22(41)7-16(39)9-27(20)52-36/h3-11,26,31,36-37,39-42,44-45,47-48H,12-13H2,1-2H3,(H,43,46). The molecule has 16 heteroatoms. The normalized spacial score (nSPS) is 18.8. The number of methoxy groups -OCH3 is 2. The third-order valence-electron chi connectivity index (χ3n) is 9.39. The average molecular weight is 745 g/mol. The Kier molecular flexibility index (Phi) is 8.69. The number of phenolic OH excluding ortho intramolecular Hbond substituents is 7. The average Bonchev–Trinajstić information content (AvgIpc) is 3.25. The Bertz CT molecular complexity index is 2400. The molecular formula is C38H32O16. The number of rotatable bonds is 6. The van der Waals surface area contributed by atoms with E-state index in [9.17, 15) is 55.5 Å². The third-order valence-corrected chi connectivity index (χ3v) is 9.39. The summed E-state index contributed by atoms with van der Waals surface area (Å²) in [6.45, 7) is 0. The van der Waals surface area contributed by atoms with Crippen LogP contribution in [0.25, 0.3) is 10.8 Å². The number of hydrogen-bond acceptors (Lipinski definition) is 16. The van der Waals surface area contributed by atoms with Gasteiger partial charge in [-0.05, 0) is 41.3 Å². The van der Waals surface area contributed by atoms with E-state index in [1.165, 1.54) is 44.6 Å². The molecule has 2 heterocycles. The lowest BCUT2D eigenvalue weighted by Gasteiger charge is -2.34. The molecule has 2 aliphatic heterocycles. The zero-order valence-corrected chi connectivity index (χ0v) is 28.3. The van der Waals surface area contributed by atoms with Crippen molar-refractivity contribution >= 4 is 16.7 Å². The van der Waals surface area contributed by atoms with Crippen LogP contribution >= 0.6 is 0 Å². The van der Waals surface area contributed by atoms with Crippen LogP contribution in [0.5, 0.6) is 69.0 Å². The molecule has 0 fully saturated rings. The summed E-state index contributed by atoms with van der Waals surface area (Å²) < 4.78 is 28.5. The molecule has 4 atom stereocenters. The van der Waals surface area contributed by atoms with E-state index in [1.54, 1.807) is 0 Å². The van der Waals surface area contributed by atoms with Crippen molar-refractivity contribution in [3.05, 3.63) is 92.6 Å². The van der Waals surface area contributed by atoms with Crippen molar-refractivity contribution in [2.45, 2.75) is 37.3 Å². The SMILES string of the molecule is COc1cc(C(=O)OC2Cc3c(O)cc(O)cc3OC2c2cc(O)c(O)c3c(=O)c(O)cc(C4Oc5cc(O)cc(O)c5CC4O)cc23)cc(OC)c1O. The van der Waals surface area contributed by atoms with Gasteiger partial charge in [0.05, 0.1) is 31.3 Å². The highest BCUT2D eigenvalue weighted by Crippen LogP contribution is 2.48. The van der Waals surface area contributed by atoms with Crippen molar-refractivity contribution in [3.63, 3.8) is 0 Å². The molecule has 0 bridgehead atoms. The lowest BCUT2D eigenvalue weighted by molar-refractivity contribution is -0.0184. The molecule has 0 radical (unpaired) electrons. The summed E-state index contributed by atoms with van der Waals surface area (Å²) in [5.41, 5.74) is -1.12. The second-order valence-electron chi connectivity index (χ2n) is 12.7. The van der Waals surface area contributed by atoms with E-state index < -0.39 is 64.2 Å². The maximum atomic E-state index is 13.7. The molecule has 0 amide bonds. The number of aliphatic hydroxyl groups excluding tert-OH is 1. The van der Waals surface area contributed by atoms with Crippen molar-refractivity contribution in [1.29, 1.82) is 0 Å². The minimum absolute atomic E-state index is 0.00229. The molecular weight excluding hydrogens is 712 g/mol. The van der Waals surface area contributed by atoms with Gasteiger partial charge in [-0.15, -0.1) is 0 Å². The molecule has 0 aromatic heterocycles. The van der Waals surface area contributed by atoms with Gasteiger partial charge in [0.1, 0.15) is 46.7 Å². The van der Waals surface area contributed by atoms with E-state index in [0.29, 0.717) is 0 Å². The predicted octanol–water partition coefficient (Wildman–Crippen LogP) is 3.80. The molecule has 280 valence electrons. The number of benzene rings is 4. The molecule has 0 aliphatic carbocycles. The zero-order chi connectivity index (χ0) is 38.7. The summed E-state index contributed by atoms with van der Waals surface area (Å²) in [6, 6.07) is 10.2. The van der Waals surface area contributed by atoms with E-state index in [2.05, 4.69) is 0 Å². The Morgan fingerprint density at radius 1 is 0.667 bits per heavy atom. The first-order valence-electron chi connectivity index (χ1n) is 16.2. The van der Waals surface area contributed by atoms with Gasteiger partial charge in [0.25, 0.3) is 0 Å². The first-order chi connectivity index (χ1) is 25.7. The van der Waals surface area contributed by atoms with Gasteiger partial charge in [0.2, 0.25) is 11.2 Å². The molecule has 0 saturated carbocycles. The first kappa shape index (κ1) is 35.5. The van der Waals surface area contributed by atoms with Crippen LogP contribution in [-0.4, -0.2) is 78.4 Å². The maximum Gasteiger partial charge on any atom is 0.338 e. The number of hydrogen-bond donors (Lipinski definition) is 9. The monoisotopic (exact) mass is 744 g/mol. The van der Waals surface area contributed by atoms with Crippen molar-refractivity contribution in [2.75, 3.05) is 14.2 Å². The molecule has 4 unspecified atom stereocenters. The lowest BCUT2D eigenvalue weighted by atomic mass is 9.90. The number of fused-ring (bicyclic) bond motifs is 3. The van der Waals surface area contributed by atoms with E-state index in [1.807, 2.05) is 0 Å². The van der Waals surface area contributed by atoms with Gasteiger partial charge in [-0.25, -0.2) is 4.79 Å². The summed E-state index contributed by atoms with van der Waals surface area (Å²) >= 11 is 0. The summed E-state index contributed by atoms with van der Waals surface area (Å²) in [5, 5.41) is 95.2. The third kappa shape index (κ3) is 5.97. The molecule has 0 spiro atoms. The van der Waals surface area contributed by atoms with Gasteiger partial charge < -0.3 is 69.6 Å². The molecule has 5 aromatic rings. The molecule has 2 aliphatic rings. The van der Waals surface area contributed by atoms with Crippen LogP contribution in [0.1, 0.15) is 44.8 Å². The van der Waals surface area contributed by atoms with Crippen molar-refractivity contribution in [3.8, 4) is 69.0 Å². The Hall–Kier alpha value is -6.94. The topological polar surface area (TPSA) is 262 Å². The Labute approximate surface area is 304 Å². The summed E-state index contributed by atoms with van der Waals surface area (Å²) in [4.78, 5) is 27.4. The van der Waals surface area contributed by atoms with E-state index in [4.69, 9.17) is 23.7 Å². The fraction of sp³-hybridized carbons (Fsp3) is 0.211. The van der Waals surface area contributed by atoms with Crippen LogP contribution < -0.4 is 24.4 Å². The van der Waals surface area contributed by atoms with Gasteiger partial charge in [0, 0.05) is 53.8 Å². The smallest absolute Gasteiger partial charge is 0.338 e. The van der Waals surface area contributed by atoms with Crippen molar-refractivity contribution in [2.24, 2.45) is 0 Å². The van der Waals surface area contributed by atoms with Crippen LogP contribution in [0.4, 0.5) is 0 Å². The minimum atomic E-state index is -1.47. The number of esters is 1. The van der Waals surface area contributed by atoms with Crippen molar-refractivity contribution < 1.29 is 74.4 Å². The highest BCUT2D eigenvalue weighted by molar-refractivity contribution is 5.94. The van der Waals surface area contributed by atoms with E-state index in [-0.39, 0.29) is 92.0 Å². The number of aromatic hydroxyl groups is 8. The minimum Gasteiger partial charge on any atom is -0.508 e. The number of ether oxygens (including phenoxy) is 5. The van der Waals surface area contributed by atoms with Gasteiger partial charge >= 0.3 is 5.97 Å².